The molecule has 0 aliphatic rings. The Morgan fingerprint density at radius 3 is 2.11 bits per heavy atom. The Hall–Kier alpha value is -3.50. The SMILES string of the molecule is C[C@H](NC(=O)CCC(=O)O)C(=O)NC(=O)[C@H](C)Nc1ccc([N+](=O)[O-])cc1. The number of hydrogen-bond donors (Lipinski definition) is 4. The molecule has 0 fully saturated rings. The number of benzene rings is 1. The first kappa shape index (κ1) is 21.5. The number of amides is 3. The van der Waals surface area contributed by atoms with Crippen LogP contribution in [0.2, 0.25) is 0 Å². The lowest BCUT2D eigenvalue weighted by molar-refractivity contribution is -0.384. The van der Waals surface area contributed by atoms with Crippen molar-refractivity contribution in [3.63, 3.8) is 0 Å². The molecule has 11 heteroatoms. The van der Waals surface area contributed by atoms with Crippen molar-refractivity contribution in [3.8, 4) is 0 Å². The predicted molar refractivity (Wildman–Crippen MR) is 93.8 cm³/mol. The van der Waals surface area contributed by atoms with Gasteiger partial charge in [0.1, 0.15) is 12.1 Å². The van der Waals surface area contributed by atoms with Crippen LogP contribution in [0.1, 0.15) is 26.7 Å². The largest absolute Gasteiger partial charge is 0.481 e. The van der Waals surface area contributed by atoms with E-state index in [1.807, 2.05) is 0 Å². The van der Waals surface area contributed by atoms with Gasteiger partial charge in [0.25, 0.3) is 5.69 Å². The van der Waals surface area contributed by atoms with Gasteiger partial charge in [-0.25, -0.2) is 0 Å². The molecule has 0 aliphatic heterocycles. The van der Waals surface area contributed by atoms with E-state index >= 15 is 0 Å². The lowest BCUT2D eigenvalue weighted by Gasteiger charge is -2.17. The van der Waals surface area contributed by atoms with Gasteiger partial charge in [-0.3, -0.25) is 34.6 Å². The molecule has 1 aromatic carbocycles. The third-order valence-electron chi connectivity index (χ3n) is 3.44. The van der Waals surface area contributed by atoms with Gasteiger partial charge in [0.05, 0.1) is 11.3 Å². The summed E-state index contributed by atoms with van der Waals surface area (Å²) in [6, 6.07) is 3.54. The molecule has 27 heavy (non-hydrogen) atoms. The summed E-state index contributed by atoms with van der Waals surface area (Å²) in [6.07, 6.45) is -0.645. The Kier molecular flexibility index (Phi) is 7.86. The highest BCUT2D eigenvalue weighted by Crippen LogP contribution is 2.16. The van der Waals surface area contributed by atoms with Crippen molar-refractivity contribution >= 4 is 35.1 Å². The second-order valence-corrected chi connectivity index (χ2v) is 5.71. The molecule has 0 bridgehead atoms. The summed E-state index contributed by atoms with van der Waals surface area (Å²) < 4.78 is 0. The molecule has 4 N–H and O–H groups in total. The van der Waals surface area contributed by atoms with Crippen molar-refractivity contribution < 1.29 is 29.2 Å². The van der Waals surface area contributed by atoms with Gasteiger partial charge in [-0.15, -0.1) is 0 Å². The first-order valence-electron chi connectivity index (χ1n) is 7.97. The number of nitrogens with one attached hydrogen (secondary N) is 3. The summed E-state index contributed by atoms with van der Waals surface area (Å²) in [5, 5.41) is 26.3. The molecule has 146 valence electrons. The Balaban J connectivity index is 2.50. The van der Waals surface area contributed by atoms with Gasteiger partial charge >= 0.3 is 5.97 Å². The van der Waals surface area contributed by atoms with Gasteiger partial charge < -0.3 is 15.7 Å². The van der Waals surface area contributed by atoms with Crippen LogP contribution >= 0.6 is 0 Å². The molecule has 0 radical (unpaired) electrons. The second-order valence-electron chi connectivity index (χ2n) is 5.71. The van der Waals surface area contributed by atoms with E-state index in [4.69, 9.17) is 5.11 Å². The third-order valence-corrected chi connectivity index (χ3v) is 3.44. The molecule has 0 saturated carbocycles. The fourth-order valence-corrected chi connectivity index (χ4v) is 1.93. The first-order chi connectivity index (χ1) is 12.6. The number of aliphatic carboxylic acids is 1. The predicted octanol–water partition coefficient (Wildman–Crippen LogP) is 0.408. The molecule has 0 aromatic heterocycles. The van der Waals surface area contributed by atoms with Crippen LogP contribution in [0.5, 0.6) is 0 Å². The van der Waals surface area contributed by atoms with Crippen LogP contribution in [0.15, 0.2) is 24.3 Å². The Bertz CT molecular complexity index is 733. The molecule has 0 aliphatic carbocycles. The molecule has 1 aromatic rings. The fraction of sp³-hybridized carbons (Fsp3) is 0.375. The van der Waals surface area contributed by atoms with Crippen LogP contribution in [-0.4, -0.2) is 45.8 Å². The number of imide groups is 1. The van der Waals surface area contributed by atoms with E-state index in [9.17, 15) is 29.3 Å². The zero-order valence-corrected chi connectivity index (χ0v) is 14.7. The van der Waals surface area contributed by atoms with E-state index in [2.05, 4.69) is 16.0 Å². The highest BCUT2D eigenvalue weighted by Gasteiger charge is 2.21. The number of non-ortho nitro benzene ring substituents is 1. The average Bonchev–Trinajstić information content (AvgIpc) is 2.60. The average molecular weight is 380 g/mol. The summed E-state index contributed by atoms with van der Waals surface area (Å²) in [6.45, 7) is 2.84. The van der Waals surface area contributed by atoms with E-state index in [1.54, 1.807) is 0 Å². The van der Waals surface area contributed by atoms with Crippen molar-refractivity contribution in [1.29, 1.82) is 0 Å². The summed E-state index contributed by atoms with van der Waals surface area (Å²) in [7, 11) is 0. The standard InChI is InChI=1S/C16H20N4O7/c1-9(17-11-3-5-12(6-4-11)20(26)27)15(24)19-16(25)10(2)18-13(21)7-8-14(22)23/h3-6,9-10,17H,7-8H2,1-2H3,(H,18,21)(H,22,23)(H,19,24,25)/t9-,10-/m0/s1. The summed E-state index contributed by atoms with van der Waals surface area (Å²) in [4.78, 5) is 55.9. The van der Waals surface area contributed by atoms with Crippen molar-refractivity contribution in [3.05, 3.63) is 34.4 Å². The number of nitro benzene ring substituents is 1. The van der Waals surface area contributed by atoms with Crippen molar-refractivity contribution in [2.75, 3.05) is 5.32 Å². The van der Waals surface area contributed by atoms with Gasteiger partial charge in [-0.1, -0.05) is 0 Å². The molecular weight excluding hydrogens is 360 g/mol. The number of carbonyl (C=O) groups is 4. The van der Waals surface area contributed by atoms with Gasteiger partial charge in [-0.05, 0) is 26.0 Å². The first-order valence-corrected chi connectivity index (χ1v) is 7.97. The van der Waals surface area contributed by atoms with E-state index in [0.717, 1.165) is 0 Å². The minimum absolute atomic E-state index is 0.0969. The Morgan fingerprint density at radius 1 is 1.04 bits per heavy atom. The van der Waals surface area contributed by atoms with Crippen molar-refractivity contribution in [1.82, 2.24) is 10.6 Å². The monoisotopic (exact) mass is 380 g/mol. The van der Waals surface area contributed by atoms with Crippen LogP contribution in [0.4, 0.5) is 11.4 Å². The lowest BCUT2D eigenvalue weighted by atomic mass is 10.2. The molecule has 2 atom stereocenters. The minimum atomic E-state index is -1.14. The van der Waals surface area contributed by atoms with Crippen molar-refractivity contribution in [2.45, 2.75) is 38.8 Å². The Morgan fingerprint density at radius 2 is 1.59 bits per heavy atom. The molecule has 0 heterocycles. The van der Waals surface area contributed by atoms with Crippen LogP contribution in [-0.2, 0) is 19.2 Å². The van der Waals surface area contributed by atoms with Crippen molar-refractivity contribution in [2.24, 2.45) is 0 Å². The van der Waals surface area contributed by atoms with Crippen LogP contribution in [0, 0.1) is 10.1 Å². The maximum absolute atomic E-state index is 12.0. The minimum Gasteiger partial charge on any atom is -0.481 e. The van der Waals surface area contributed by atoms with E-state index in [1.165, 1.54) is 38.1 Å². The number of carboxylic acid groups (broad SMARTS) is 1. The molecule has 0 spiro atoms. The molecule has 0 unspecified atom stereocenters. The number of nitro groups is 1. The summed E-state index contributed by atoms with van der Waals surface area (Å²) >= 11 is 0. The molecule has 11 nitrogen and oxygen atoms in total. The lowest BCUT2D eigenvalue weighted by Crippen LogP contribution is -2.50. The van der Waals surface area contributed by atoms with Gasteiger partial charge in [0, 0.05) is 24.2 Å². The maximum Gasteiger partial charge on any atom is 0.303 e. The van der Waals surface area contributed by atoms with Gasteiger partial charge in [0.2, 0.25) is 17.7 Å². The fourth-order valence-electron chi connectivity index (χ4n) is 1.93. The zero-order valence-electron chi connectivity index (χ0n) is 14.7. The summed E-state index contributed by atoms with van der Waals surface area (Å²) in [5.41, 5.74) is 0.353. The number of rotatable bonds is 9. The molecule has 0 saturated heterocycles. The second kappa shape index (κ2) is 9.85. The number of carboxylic acids is 1. The Labute approximate surface area is 154 Å². The maximum atomic E-state index is 12.0. The number of anilines is 1. The number of nitrogens with zero attached hydrogens (tertiary/aromatic N) is 1. The highest BCUT2D eigenvalue weighted by molar-refractivity contribution is 6.01. The number of carbonyl (C=O) groups excluding carboxylic acids is 3. The molecular formula is C16H20N4O7. The van der Waals surface area contributed by atoms with E-state index in [0.29, 0.717) is 5.69 Å². The molecule has 1 rings (SSSR count). The highest BCUT2D eigenvalue weighted by atomic mass is 16.6. The van der Waals surface area contributed by atoms with E-state index in [-0.39, 0.29) is 18.5 Å². The molecule has 3 amide bonds. The third kappa shape index (κ3) is 7.50. The van der Waals surface area contributed by atoms with E-state index < -0.39 is 40.7 Å². The zero-order chi connectivity index (χ0) is 20.6. The van der Waals surface area contributed by atoms with Gasteiger partial charge in [0.15, 0.2) is 0 Å². The van der Waals surface area contributed by atoms with Crippen LogP contribution in [0.3, 0.4) is 0 Å². The topological polar surface area (TPSA) is 168 Å². The smallest absolute Gasteiger partial charge is 0.303 e. The summed E-state index contributed by atoms with van der Waals surface area (Å²) in [5.74, 6) is -3.17. The number of hydrogen-bond acceptors (Lipinski definition) is 7. The normalized spacial score (nSPS) is 12.4. The quantitative estimate of drug-likeness (QED) is 0.353. The van der Waals surface area contributed by atoms with Crippen LogP contribution < -0.4 is 16.0 Å². The van der Waals surface area contributed by atoms with Crippen LogP contribution in [0.25, 0.3) is 0 Å². The van der Waals surface area contributed by atoms with Gasteiger partial charge in [-0.2, -0.15) is 0 Å².